The Morgan fingerprint density at radius 3 is 1.53 bits per heavy atom. The Hall–Kier alpha value is -2.56. The van der Waals surface area contributed by atoms with Crippen molar-refractivity contribution in [3.63, 3.8) is 0 Å². The van der Waals surface area contributed by atoms with Crippen LogP contribution in [0.25, 0.3) is 0 Å². The van der Waals surface area contributed by atoms with Gasteiger partial charge in [-0.05, 0) is 70.6 Å². The SMILES string of the molecule is CCCC/C=C/C/C=C/CCCCCCCC(=O)OC[C@H](COP(=O)(O)OC[C@H](N)C(=O)O)OC(=O)CCCCCCC/C=C/C/C=C/CCCCC. The van der Waals surface area contributed by atoms with Gasteiger partial charge in [0.15, 0.2) is 6.10 Å². The highest BCUT2D eigenvalue weighted by Gasteiger charge is 2.28. The van der Waals surface area contributed by atoms with Crippen LogP contribution in [0, 0.1) is 0 Å². The van der Waals surface area contributed by atoms with Gasteiger partial charge in [-0.1, -0.05) is 127 Å². The van der Waals surface area contributed by atoms with Gasteiger partial charge in [0.05, 0.1) is 13.2 Å². The number of hydrogen-bond donors (Lipinski definition) is 3. The number of carbonyl (C=O) groups is 3. The number of nitrogens with two attached hydrogens (primary N) is 1. The van der Waals surface area contributed by atoms with Gasteiger partial charge in [-0.2, -0.15) is 0 Å². The molecule has 0 radical (unpaired) electrons. The van der Waals surface area contributed by atoms with Gasteiger partial charge in [0.1, 0.15) is 12.6 Å². The fourth-order valence-electron chi connectivity index (χ4n) is 5.05. The number of esters is 2. The molecular weight excluding hydrogens is 697 g/mol. The first-order valence-electron chi connectivity index (χ1n) is 20.2. The summed E-state index contributed by atoms with van der Waals surface area (Å²) >= 11 is 0. The fraction of sp³-hybridized carbons (Fsp3) is 0.732. The Morgan fingerprint density at radius 2 is 1.02 bits per heavy atom. The van der Waals surface area contributed by atoms with Gasteiger partial charge in [-0.25, -0.2) is 4.57 Å². The molecule has 3 atom stereocenters. The lowest BCUT2D eigenvalue weighted by molar-refractivity contribution is -0.161. The van der Waals surface area contributed by atoms with Gasteiger partial charge < -0.3 is 25.2 Å². The number of hydrogen-bond acceptors (Lipinski definition) is 9. The van der Waals surface area contributed by atoms with Gasteiger partial charge in [0, 0.05) is 12.8 Å². The molecule has 0 rings (SSSR count). The molecule has 0 aliphatic heterocycles. The number of rotatable bonds is 37. The number of ether oxygens (including phenoxy) is 2. The van der Waals surface area contributed by atoms with E-state index in [0.29, 0.717) is 12.8 Å². The van der Waals surface area contributed by atoms with Crippen LogP contribution in [0.3, 0.4) is 0 Å². The molecule has 53 heavy (non-hydrogen) atoms. The first-order chi connectivity index (χ1) is 25.6. The van der Waals surface area contributed by atoms with Crippen molar-refractivity contribution in [3.05, 3.63) is 48.6 Å². The van der Waals surface area contributed by atoms with E-state index in [1.165, 1.54) is 32.1 Å². The molecule has 11 nitrogen and oxygen atoms in total. The average molecular weight is 770 g/mol. The van der Waals surface area contributed by atoms with Crippen molar-refractivity contribution < 1.29 is 47.5 Å². The molecular formula is C41H72NO10P. The minimum atomic E-state index is -4.72. The van der Waals surface area contributed by atoms with Gasteiger partial charge in [-0.15, -0.1) is 0 Å². The quantitative estimate of drug-likeness (QED) is 0.0238. The van der Waals surface area contributed by atoms with E-state index < -0.39 is 51.1 Å². The van der Waals surface area contributed by atoms with Crippen molar-refractivity contribution in [3.8, 4) is 0 Å². The topological polar surface area (TPSA) is 172 Å². The predicted octanol–water partition coefficient (Wildman–Crippen LogP) is 10.2. The molecule has 0 saturated carbocycles. The van der Waals surface area contributed by atoms with Crippen molar-refractivity contribution in [1.29, 1.82) is 0 Å². The molecule has 0 amide bonds. The zero-order valence-electron chi connectivity index (χ0n) is 32.8. The molecule has 0 aromatic heterocycles. The van der Waals surface area contributed by atoms with Gasteiger partial charge >= 0.3 is 25.7 Å². The third-order valence-corrected chi connectivity index (χ3v) is 9.25. The summed E-state index contributed by atoms with van der Waals surface area (Å²) in [7, 11) is -4.72. The number of allylic oxidation sites excluding steroid dienone is 8. The molecule has 1 unspecified atom stereocenters. The molecule has 0 aliphatic rings. The highest BCUT2D eigenvalue weighted by molar-refractivity contribution is 7.47. The maximum atomic E-state index is 12.6. The average Bonchev–Trinajstić information content (AvgIpc) is 3.13. The number of aliphatic carboxylic acids is 1. The minimum absolute atomic E-state index is 0.140. The number of carboxylic acid groups (broad SMARTS) is 1. The van der Waals surface area contributed by atoms with E-state index in [2.05, 4.69) is 67.0 Å². The summed E-state index contributed by atoms with van der Waals surface area (Å²) in [4.78, 5) is 45.8. The van der Waals surface area contributed by atoms with Crippen molar-refractivity contribution in [1.82, 2.24) is 0 Å². The van der Waals surface area contributed by atoms with E-state index >= 15 is 0 Å². The van der Waals surface area contributed by atoms with Crippen LogP contribution in [-0.2, 0) is 37.5 Å². The van der Waals surface area contributed by atoms with Gasteiger partial charge in [0.2, 0.25) is 0 Å². The van der Waals surface area contributed by atoms with E-state index in [1.807, 2.05) is 0 Å². The number of carbonyl (C=O) groups excluding carboxylic acids is 2. The fourth-order valence-corrected chi connectivity index (χ4v) is 5.83. The molecule has 0 aliphatic carbocycles. The third kappa shape index (κ3) is 36.2. The molecule has 0 bridgehead atoms. The first-order valence-corrected chi connectivity index (χ1v) is 21.7. The summed E-state index contributed by atoms with van der Waals surface area (Å²) in [6, 6.07) is -1.53. The highest BCUT2D eigenvalue weighted by atomic mass is 31.2. The molecule has 306 valence electrons. The molecule has 12 heteroatoms. The van der Waals surface area contributed by atoms with Crippen molar-refractivity contribution in [2.75, 3.05) is 19.8 Å². The van der Waals surface area contributed by atoms with Crippen LogP contribution in [0.2, 0.25) is 0 Å². The second-order valence-electron chi connectivity index (χ2n) is 13.4. The lowest BCUT2D eigenvalue weighted by atomic mass is 10.1. The third-order valence-electron chi connectivity index (χ3n) is 8.30. The van der Waals surface area contributed by atoms with Crippen LogP contribution in [0.5, 0.6) is 0 Å². The van der Waals surface area contributed by atoms with Crippen LogP contribution >= 0.6 is 7.82 Å². The Kier molecular flexibility index (Phi) is 34.7. The number of carboxylic acids is 1. The number of phosphoric acid groups is 1. The summed E-state index contributed by atoms with van der Waals surface area (Å²) < 4.78 is 32.6. The van der Waals surface area contributed by atoms with Crippen molar-refractivity contribution in [2.45, 2.75) is 174 Å². The van der Waals surface area contributed by atoms with E-state index in [4.69, 9.17) is 24.8 Å². The van der Waals surface area contributed by atoms with E-state index in [9.17, 15) is 23.8 Å². The Bertz CT molecular complexity index is 1090. The zero-order valence-corrected chi connectivity index (χ0v) is 33.7. The molecule has 0 fully saturated rings. The highest BCUT2D eigenvalue weighted by Crippen LogP contribution is 2.43. The summed E-state index contributed by atoms with van der Waals surface area (Å²) in [5, 5.41) is 8.87. The lowest BCUT2D eigenvalue weighted by Gasteiger charge is -2.20. The zero-order chi connectivity index (χ0) is 39.3. The number of phosphoric ester groups is 1. The van der Waals surface area contributed by atoms with E-state index in [-0.39, 0.29) is 19.4 Å². The minimum Gasteiger partial charge on any atom is -0.480 e. The molecule has 0 aromatic carbocycles. The summed E-state index contributed by atoms with van der Waals surface area (Å²) in [6.45, 7) is 2.69. The second-order valence-corrected chi connectivity index (χ2v) is 14.9. The number of unbranched alkanes of at least 4 members (excludes halogenated alkanes) is 15. The second kappa shape index (κ2) is 36.4. The molecule has 0 spiro atoms. The Labute approximate surface area is 320 Å². The van der Waals surface area contributed by atoms with Crippen LogP contribution in [0.4, 0.5) is 0 Å². The normalized spacial score (nSPS) is 14.3. The predicted molar refractivity (Wildman–Crippen MR) is 212 cm³/mol. The summed E-state index contributed by atoms with van der Waals surface area (Å²) in [5.41, 5.74) is 5.32. The maximum absolute atomic E-state index is 12.6. The Morgan fingerprint density at radius 1 is 0.585 bits per heavy atom. The van der Waals surface area contributed by atoms with Gasteiger partial charge in [0.25, 0.3) is 0 Å². The van der Waals surface area contributed by atoms with Crippen LogP contribution < -0.4 is 5.73 Å². The molecule has 4 N–H and O–H groups in total. The first kappa shape index (κ1) is 50.4. The van der Waals surface area contributed by atoms with Crippen molar-refractivity contribution >= 4 is 25.7 Å². The van der Waals surface area contributed by atoms with Gasteiger partial charge in [-0.3, -0.25) is 23.4 Å². The monoisotopic (exact) mass is 769 g/mol. The van der Waals surface area contributed by atoms with Crippen LogP contribution in [0.15, 0.2) is 48.6 Å². The van der Waals surface area contributed by atoms with E-state index in [1.54, 1.807) is 0 Å². The van der Waals surface area contributed by atoms with Crippen molar-refractivity contribution in [2.24, 2.45) is 5.73 Å². The molecule has 0 saturated heterocycles. The van der Waals surface area contributed by atoms with E-state index in [0.717, 1.165) is 89.9 Å². The molecule has 0 heterocycles. The van der Waals surface area contributed by atoms with Crippen LogP contribution in [-0.4, -0.2) is 59.9 Å². The largest absolute Gasteiger partial charge is 0.480 e. The maximum Gasteiger partial charge on any atom is 0.472 e. The molecule has 0 aromatic rings. The standard InChI is InChI=1S/C41H72NO10P/c1-3-5-7-9-11-13-15-17-19-21-23-25-27-29-31-33-40(44)52-37(35-50-53(47,48)51-36-38(42)41(45)46)34-49-39(43)32-30-28-26-24-22-20-18-16-14-12-10-8-6-4-2/h10-13,16-19,37-38H,3-9,14-15,20-36,42H2,1-2H3,(H,45,46)(H,47,48)/b12-10+,13-11+,18-16+,19-17+/t37-,38+/m1/s1. The summed E-state index contributed by atoms with van der Waals surface area (Å²) in [5.74, 6) is -2.42. The van der Waals surface area contributed by atoms with Crippen LogP contribution in [0.1, 0.15) is 162 Å². The smallest absolute Gasteiger partial charge is 0.472 e. The summed E-state index contributed by atoms with van der Waals surface area (Å²) in [6.07, 6.45) is 38.9. The Balaban J connectivity index is 4.47. The lowest BCUT2D eigenvalue weighted by Crippen LogP contribution is -2.34.